The van der Waals surface area contributed by atoms with Gasteiger partial charge >= 0.3 is 0 Å². The number of carbonyl (C=O) groups excluding carboxylic acids is 1. The molecule has 3 heterocycles. The number of piperidine rings is 1. The van der Waals surface area contributed by atoms with Gasteiger partial charge in [0.25, 0.3) is 0 Å². The molecule has 0 spiro atoms. The van der Waals surface area contributed by atoms with Crippen LogP contribution in [0.2, 0.25) is 0 Å². The zero-order chi connectivity index (χ0) is 18.7. The number of carbonyl (C=O) groups is 1. The monoisotopic (exact) mass is 357 g/mol. The van der Waals surface area contributed by atoms with Crippen molar-refractivity contribution < 1.29 is 9.32 Å². The molecular formula is C19H27N5O2. The lowest BCUT2D eigenvalue weighted by atomic mass is 9.92. The molecule has 0 saturated carbocycles. The molecule has 7 heteroatoms. The molecule has 1 saturated heterocycles. The summed E-state index contributed by atoms with van der Waals surface area (Å²) < 4.78 is 5.18. The summed E-state index contributed by atoms with van der Waals surface area (Å²) in [5.74, 6) is 2.20. The first kappa shape index (κ1) is 18.4. The molecule has 0 bridgehead atoms. The molecule has 1 amide bonds. The normalized spacial score (nSPS) is 17.4. The van der Waals surface area contributed by atoms with Gasteiger partial charge in [0.15, 0.2) is 0 Å². The second kappa shape index (κ2) is 7.85. The Morgan fingerprint density at radius 1 is 1.31 bits per heavy atom. The number of likely N-dealkylation sites (tertiary alicyclic amines) is 1. The Hall–Kier alpha value is -2.44. The van der Waals surface area contributed by atoms with Crippen molar-refractivity contribution in [2.24, 2.45) is 5.92 Å². The number of amides is 1. The van der Waals surface area contributed by atoms with Crippen molar-refractivity contribution in [1.82, 2.24) is 20.0 Å². The summed E-state index contributed by atoms with van der Waals surface area (Å²) in [6.07, 6.45) is 6.80. The minimum absolute atomic E-state index is 0.149. The van der Waals surface area contributed by atoms with Gasteiger partial charge < -0.3 is 14.3 Å². The Balaban J connectivity index is 1.65. The van der Waals surface area contributed by atoms with Gasteiger partial charge in [0.05, 0.1) is 17.8 Å². The number of aromatic nitrogens is 3. The Morgan fingerprint density at radius 3 is 2.77 bits per heavy atom. The molecular weight excluding hydrogens is 330 g/mol. The third-order valence-corrected chi connectivity index (χ3v) is 5.04. The molecule has 1 fully saturated rings. The minimum atomic E-state index is 0.149. The summed E-state index contributed by atoms with van der Waals surface area (Å²) in [4.78, 5) is 25.7. The number of rotatable bonds is 5. The number of aryl methyl sites for hydroxylation is 2. The summed E-state index contributed by atoms with van der Waals surface area (Å²) in [6.45, 7) is 5.33. The largest absolute Gasteiger partial charge is 0.361 e. The highest BCUT2D eigenvalue weighted by atomic mass is 16.5. The molecule has 2 aromatic rings. The number of hydrogen-bond acceptors (Lipinski definition) is 6. The molecule has 3 rings (SSSR count). The van der Waals surface area contributed by atoms with Gasteiger partial charge in [-0.15, -0.1) is 0 Å². The molecule has 1 aliphatic rings. The lowest BCUT2D eigenvalue weighted by Crippen LogP contribution is -2.41. The van der Waals surface area contributed by atoms with E-state index in [-0.39, 0.29) is 5.91 Å². The SMILES string of the molecule is Cc1noc(C)c1CC(=O)N1CCC[C@H](Cc2nccnc2N(C)C)C1. The highest BCUT2D eigenvalue weighted by molar-refractivity contribution is 5.79. The molecule has 0 unspecified atom stereocenters. The van der Waals surface area contributed by atoms with Crippen molar-refractivity contribution in [2.75, 3.05) is 32.1 Å². The van der Waals surface area contributed by atoms with Crippen molar-refractivity contribution in [3.05, 3.63) is 35.1 Å². The van der Waals surface area contributed by atoms with Crippen molar-refractivity contribution in [2.45, 2.75) is 39.5 Å². The van der Waals surface area contributed by atoms with Gasteiger partial charge in [-0.05, 0) is 39.0 Å². The number of hydrogen-bond donors (Lipinski definition) is 0. The van der Waals surface area contributed by atoms with Gasteiger partial charge in [-0.25, -0.2) is 4.98 Å². The topological polar surface area (TPSA) is 75.4 Å². The van der Waals surface area contributed by atoms with E-state index in [2.05, 4.69) is 15.1 Å². The second-order valence-corrected chi connectivity index (χ2v) is 7.25. The second-order valence-electron chi connectivity index (χ2n) is 7.25. The van der Waals surface area contributed by atoms with E-state index in [1.54, 1.807) is 12.4 Å². The molecule has 0 aromatic carbocycles. The Bertz CT molecular complexity index is 752. The zero-order valence-electron chi connectivity index (χ0n) is 16.0. The van der Waals surface area contributed by atoms with Crippen LogP contribution in [0.1, 0.15) is 35.6 Å². The quantitative estimate of drug-likeness (QED) is 0.816. The number of nitrogens with zero attached hydrogens (tertiary/aromatic N) is 5. The predicted molar refractivity (Wildman–Crippen MR) is 99.0 cm³/mol. The van der Waals surface area contributed by atoms with Crippen LogP contribution in [0.5, 0.6) is 0 Å². The molecule has 140 valence electrons. The highest BCUT2D eigenvalue weighted by Crippen LogP contribution is 2.24. The fourth-order valence-corrected chi connectivity index (χ4v) is 3.63. The summed E-state index contributed by atoms with van der Waals surface area (Å²) in [5, 5.41) is 3.95. The van der Waals surface area contributed by atoms with Crippen LogP contribution in [0.15, 0.2) is 16.9 Å². The maximum Gasteiger partial charge on any atom is 0.227 e. The van der Waals surface area contributed by atoms with Crippen LogP contribution in [0, 0.1) is 19.8 Å². The summed E-state index contributed by atoms with van der Waals surface area (Å²) in [7, 11) is 3.96. The van der Waals surface area contributed by atoms with E-state index in [9.17, 15) is 4.79 Å². The Kier molecular flexibility index (Phi) is 5.54. The van der Waals surface area contributed by atoms with Crippen molar-refractivity contribution in [3.8, 4) is 0 Å². The fraction of sp³-hybridized carbons (Fsp3) is 0.579. The van der Waals surface area contributed by atoms with Crippen LogP contribution < -0.4 is 4.90 Å². The third-order valence-electron chi connectivity index (χ3n) is 5.04. The molecule has 7 nitrogen and oxygen atoms in total. The van der Waals surface area contributed by atoms with Crippen LogP contribution in [0.4, 0.5) is 5.82 Å². The predicted octanol–water partition coefficient (Wildman–Crippen LogP) is 2.17. The van der Waals surface area contributed by atoms with Gasteiger partial charge in [-0.3, -0.25) is 9.78 Å². The van der Waals surface area contributed by atoms with Crippen molar-refractivity contribution >= 4 is 11.7 Å². The number of anilines is 1. The van der Waals surface area contributed by atoms with E-state index in [0.29, 0.717) is 12.3 Å². The van der Waals surface area contributed by atoms with Crippen LogP contribution in [-0.2, 0) is 17.6 Å². The van der Waals surface area contributed by atoms with Crippen LogP contribution in [0.25, 0.3) is 0 Å². The summed E-state index contributed by atoms with van der Waals surface area (Å²) in [5.41, 5.74) is 2.73. The Labute approximate surface area is 154 Å². The van der Waals surface area contributed by atoms with Gasteiger partial charge in [-0.1, -0.05) is 5.16 Å². The maximum atomic E-state index is 12.8. The third kappa shape index (κ3) is 4.03. The molecule has 1 aliphatic heterocycles. The van der Waals surface area contributed by atoms with E-state index in [1.165, 1.54) is 0 Å². The molecule has 26 heavy (non-hydrogen) atoms. The smallest absolute Gasteiger partial charge is 0.227 e. The highest BCUT2D eigenvalue weighted by Gasteiger charge is 2.26. The van der Waals surface area contributed by atoms with E-state index < -0.39 is 0 Å². The first-order valence-corrected chi connectivity index (χ1v) is 9.12. The molecule has 2 aromatic heterocycles. The van der Waals surface area contributed by atoms with Crippen LogP contribution in [-0.4, -0.2) is 53.1 Å². The van der Waals surface area contributed by atoms with Crippen LogP contribution >= 0.6 is 0 Å². The lowest BCUT2D eigenvalue weighted by Gasteiger charge is -2.33. The standard InChI is InChI=1S/C19H27N5O2/c1-13-16(14(2)26-22-13)11-18(25)24-9-5-6-15(12-24)10-17-19(23(3)4)21-8-7-20-17/h7-8,15H,5-6,9-12H2,1-4H3/t15-/m1/s1. The fourth-order valence-electron chi connectivity index (χ4n) is 3.63. The Morgan fingerprint density at radius 2 is 2.08 bits per heavy atom. The minimum Gasteiger partial charge on any atom is -0.361 e. The summed E-state index contributed by atoms with van der Waals surface area (Å²) in [6, 6.07) is 0. The van der Waals surface area contributed by atoms with Crippen molar-refractivity contribution in [3.63, 3.8) is 0 Å². The van der Waals surface area contributed by atoms with E-state index >= 15 is 0 Å². The average molecular weight is 357 g/mol. The molecule has 0 aliphatic carbocycles. The first-order chi connectivity index (χ1) is 12.5. The van der Waals surface area contributed by atoms with E-state index in [1.807, 2.05) is 37.7 Å². The first-order valence-electron chi connectivity index (χ1n) is 9.12. The zero-order valence-corrected chi connectivity index (χ0v) is 16.0. The molecule has 0 radical (unpaired) electrons. The molecule has 1 atom stereocenters. The van der Waals surface area contributed by atoms with Gasteiger partial charge in [-0.2, -0.15) is 0 Å². The van der Waals surface area contributed by atoms with Gasteiger partial charge in [0.1, 0.15) is 11.6 Å². The maximum absolute atomic E-state index is 12.8. The summed E-state index contributed by atoms with van der Waals surface area (Å²) >= 11 is 0. The molecule has 0 N–H and O–H groups in total. The average Bonchev–Trinajstić information content (AvgIpc) is 2.94. The van der Waals surface area contributed by atoms with Crippen molar-refractivity contribution in [1.29, 1.82) is 0 Å². The van der Waals surface area contributed by atoms with Crippen LogP contribution in [0.3, 0.4) is 0 Å². The van der Waals surface area contributed by atoms with Gasteiger partial charge in [0, 0.05) is 45.1 Å². The van der Waals surface area contributed by atoms with E-state index in [4.69, 9.17) is 4.52 Å². The van der Waals surface area contributed by atoms with E-state index in [0.717, 1.165) is 60.9 Å². The lowest BCUT2D eigenvalue weighted by molar-refractivity contribution is -0.132. The van der Waals surface area contributed by atoms with Gasteiger partial charge in [0.2, 0.25) is 5.91 Å².